The second-order valence-corrected chi connectivity index (χ2v) is 6.68. The van der Waals surface area contributed by atoms with Gasteiger partial charge in [0, 0.05) is 33.2 Å². The number of fused-ring (bicyclic) bond motifs is 3. The highest BCUT2D eigenvalue weighted by molar-refractivity contribution is 6.31. The van der Waals surface area contributed by atoms with Gasteiger partial charge in [-0.2, -0.15) is 0 Å². The molecule has 0 saturated heterocycles. The molecule has 0 spiro atoms. The summed E-state index contributed by atoms with van der Waals surface area (Å²) in [6.45, 7) is 1.19. The van der Waals surface area contributed by atoms with E-state index < -0.39 is 0 Å². The minimum atomic E-state index is 0.593. The molecule has 0 fully saturated rings. The summed E-state index contributed by atoms with van der Waals surface area (Å²) in [7, 11) is 1.65. The lowest BCUT2D eigenvalue weighted by molar-refractivity contribution is 0.247. The van der Waals surface area contributed by atoms with Crippen LogP contribution in [0.3, 0.4) is 0 Å². The average molecular weight is 382 g/mol. The summed E-state index contributed by atoms with van der Waals surface area (Å²) in [6, 6.07) is 19.5. The van der Waals surface area contributed by atoms with Gasteiger partial charge in [0.05, 0.1) is 20.3 Å². The molecule has 27 heavy (non-hydrogen) atoms. The number of rotatable bonds is 7. The Kier molecular flexibility index (Phi) is 5.07. The summed E-state index contributed by atoms with van der Waals surface area (Å²) in [5.74, 6) is 2.50. The Balaban J connectivity index is 1.34. The molecular weight excluding hydrogens is 362 g/mol. The highest BCUT2D eigenvalue weighted by Crippen LogP contribution is 2.30. The first-order chi connectivity index (χ1) is 13.2. The summed E-state index contributed by atoms with van der Waals surface area (Å²) in [5.41, 5.74) is 2.10. The van der Waals surface area contributed by atoms with Crippen molar-refractivity contribution in [3.05, 3.63) is 65.7 Å². The van der Waals surface area contributed by atoms with Crippen molar-refractivity contribution >= 4 is 33.4 Å². The zero-order chi connectivity index (χ0) is 18.6. The molecule has 4 aromatic rings. The lowest BCUT2D eigenvalue weighted by Crippen LogP contribution is -2.04. The van der Waals surface area contributed by atoms with Gasteiger partial charge >= 0.3 is 0 Å². The predicted molar refractivity (Wildman–Crippen MR) is 109 cm³/mol. The van der Waals surface area contributed by atoms with Gasteiger partial charge in [0.25, 0.3) is 0 Å². The second-order valence-electron chi connectivity index (χ2n) is 6.25. The van der Waals surface area contributed by atoms with E-state index in [-0.39, 0.29) is 0 Å². The van der Waals surface area contributed by atoms with Crippen molar-refractivity contribution in [2.24, 2.45) is 0 Å². The van der Waals surface area contributed by atoms with Crippen LogP contribution in [-0.2, 0) is 0 Å². The lowest BCUT2D eigenvalue weighted by atomic mass is 10.1. The third-order valence-corrected chi connectivity index (χ3v) is 4.65. The number of hydrogen-bond acceptors (Lipinski definition) is 3. The minimum absolute atomic E-state index is 0.593. The molecule has 138 valence electrons. The van der Waals surface area contributed by atoms with Crippen LogP contribution in [0, 0.1) is 0 Å². The molecule has 0 atom stereocenters. The zero-order valence-corrected chi connectivity index (χ0v) is 15.8. The molecule has 1 N–H and O–H groups in total. The van der Waals surface area contributed by atoms with Crippen molar-refractivity contribution in [2.75, 3.05) is 20.3 Å². The molecule has 0 aliphatic heterocycles. The SMILES string of the molecule is COc1ccc(OCCCOc2ccc3[nH]c4cc(Cl)ccc4c3c2)cc1. The number of nitrogens with one attached hydrogen (secondary N) is 1. The van der Waals surface area contributed by atoms with Crippen LogP contribution >= 0.6 is 11.6 Å². The van der Waals surface area contributed by atoms with E-state index in [4.69, 9.17) is 25.8 Å². The van der Waals surface area contributed by atoms with Gasteiger partial charge in [0.2, 0.25) is 0 Å². The van der Waals surface area contributed by atoms with Gasteiger partial charge in [-0.3, -0.25) is 0 Å². The number of hydrogen-bond donors (Lipinski definition) is 1. The fraction of sp³-hybridized carbons (Fsp3) is 0.182. The lowest BCUT2D eigenvalue weighted by Gasteiger charge is -2.09. The van der Waals surface area contributed by atoms with Crippen molar-refractivity contribution in [3.63, 3.8) is 0 Å². The summed E-state index contributed by atoms with van der Waals surface area (Å²) < 4.78 is 16.7. The smallest absolute Gasteiger partial charge is 0.120 e. The highest BCUT2D eigenvalue weighted by atomic mass is 35.5. The highest BCUT2D eigenvalue weighted by Gasteiger charge is 2.06. The second kappa shape index (κ2) is 7.80. The fourth-order valence-electron chi connectivity index (χ4n) is 3.06. The molecule has 3 aromatic carbocycles. The molecular formula is C22H20ClNO3. The van der Waals surface area contributed by atoms with E-state index >= 15 is 0 Å². The first-order valence-corrected chi connectivity index (χ1v) is 9.21. The molecule has 0 aliphatic carbocycles. The number of benzene rings is 3. The number of H-pyrrole nitrogens is 1. The Hall–Kier alpha value is -2.85. The first kappa shape index (κ1) is 17.6. The number of ether oxygens (including phenoxy) is 3. The third kappa shape index (κ3) is 3.96. The van der Waals surface area contributed by atoms with Crippen LogP contribution in [0.1, 0.15) is 6.42 Å². The van der Waals surface area contributed by atoms with Crippen molar-refractivity contribution < 1.29 is 14.2 Å². The number of halogens is 1. The van der Waals surface area contributed by atoms with Gasteiger partial charge < -0.3 is 19.2 Å². The van der Waals surface area contributed by atoms with Crippen LogP contribution in [0.4, 0.5) is 0 Å². The monoisotopic (exact) mass is 381 g/mol. The quantitative estimate of drug-likeness (QED) is 0.409. The maximum atomic E-state index is 6.07. The van der Waals surface area contributed by atoms with E-state index in [0.717, 1.165) is 50.5 Å². The molecule has 5 heteroatoms. The van der Waals surface area contributed by atoms with Crippen molar-refractivity contribution in [3.8, 4) is 17.2 Å². The Bertz CT molecular complexity index is 1060. The average Bonchev–Trinajstić information content (AvgIpc) is 3.05. The molecule has 0 saturated carbocycles. The maximum absolute atomic E-state index is 6.07. The fourth-order valence-corrected chi connectivity index (χ4v) is 3.23. The molecule has 4 nitrogen and oxygen atoms in total. The predicted octanol–water partition coefficient (Wildman–Crippen LogP) is 5.83. The Morgan fingerprint density at radius 3 is 2.22 bits per heavy atom. The van der Waals surface area contributed by atoms with Crippen LogP contribution in [-0.4, -0.2) is 25.3 Å². The molecule has 0 radical (unpaired) electrons. The topological polar surface area (TPSA) is 43.5 Å². The van der Waals surface area contributed by atoms with Crippen LogP contribution in [0.15, 0.2) is 60.7 Å². The van der Waals surface area contributed by atoms with E-state index in [1.165, 1.54) is 0 Å². The molecule has 0 unspecified atom stereocenters. The molecule has 0 amide bonds. The van der Waals surface area contributed by atoms with Gasteiger partial charge in [-0.05, 0) is 54.6 Å². The van der Waals surface area contributed by atoms with Crippen molar-refractivity contribution in [2.45, 2.75) is 6.42 Å². The van der Waals surface area contributed by atoms with Crippen molar-refractivity contribution in [1.82, 2.24) is 4.98 Å². The Morgan fingerprint density at radius 1 is 0.741 bits per heavy atom. The van der Waals surface area contributed by atoms with Gasteiger partial charge in [0.15, 0.2) is 0 Å². The van der Waals surface area contributed by atoms with E-state index in [1.54, 1.807) is 7.11 Å². The summed E-state index contributed by atoms with van der Waals surface area (Å²) in [5, 5.41) is 3.00. The van der Waals surface area contributed by atoms with Gasteiger partial charge in [-0.25, -0.2) is 0 Å². The maximum Gasteiger partial charge on any atom is 0.120 e. The summed E-state index contributed by atoms with van der Waals surface area (Å²) in [6.07, 6.45) is 0.799. The third-order valence-electron chi connectivity index (χ3n) is 4.42. The van der Waals surface area contributed by atoms with E-state index in [2.05, 4.69) is 11.1 Å². The summed E-state index contributed by atoms with van der Waals surface area (Å²) >= 11 is 6.07. The first-order valence-electron chi connectivity index (χ1n) is 8.83. The number of aromatic nitrogens is 1. The molecule has 4 rings (SSSR count). The summed E-state index contributed by atoms with van der Waals surface area (Å²) in [4.78, 5) is 3.38. The number of aromatic amines is 1. The van der Waals surface area contributed by atoms with Crippen LogP contribution in [0.2, 0.25) is 5.02 Å². The Labute approximate surface area is 162 Å². The van der Waals surface area contributed by atoms with E-state index in [9.17, 15) is 0 Å². The molecule has 0 aliphatic rings. The van der Waals surface area contributed by atoms with Gasteiger partial charge in [-0.15, -0.1) is 0 Å². The van der Waals surface area contributed by atoms with E-state index in [1.807, 2.05) is 54.6 Å². The molecule has 1 aromatic heterocycles. The molecule has 0 bridgehead atoms. The van der Waals surface area contributed by atoms with Gasteiger partial charge in [0.1, 0.15) is 17.2 Å². The largest absolute Gasteiger partial charge is 0.497 e. The van der Waals surface area contributed by atoms with E-state index in [0.29, 0.717) is 13.2 Å². The minimum Gasteiger partial charge on any atom is -0.497 e. The van der Waals surface area contributed by atoms with Crippen LogP contribution in [0.5, 0.6) is 17.2 Å². The zero-order valence-electron chi connectivity index (χ0n) is 15.0. The van der Waals surface area contributed by atoms with Gasteiger partial charge in [-0.1, -0.05) is 17.7 Å². The van der Waals surface area contributed by atoms with Crippen LogP contribution in [0.25, 0.3) is 21.8 Å². The van der Waals surface area contributed by atoms with Crippen molar-refractivity contribution in [1.29, 1.82) is 0 Å². The standard InChI is InChI=1S/C22H20ClNO3/c1-25-16-4-6-17(7-5-16)26-11-2-12-27-18-8-10-21-20(14-18)19-9-3-15(23)13-22(19)24-21/h3-10,13-14,24H,2,11-12H2,1H3. The molecule has 1 heterocycles. The number of methoxy groups -OCH3 is 1. The van der Waals surface area contributed by atoms with Crippen LogP contribution < -0.4 is 14.2 Å². The Morgan fingerprint density at radius 2 is 1.44 bits per heavy atom. The normalized spacial score (nSPS) is 11.0.